The number of hydrogen-bond donors (Lipinski definition) is 1. The number of anilines is 1. The van der Waals surface area contributed by atoms with Crippen molar-refractivity contribution >= 4 is 5.69 Å². The van der Waals surface area contributed by atoms with Crippen LogP contribution in [0.5, 0.6) is 0 Å². The average molecular weight is 243 g/mol. The number of ether oxygens (including phenoxy) is 1. The molecule has 2 aliphatic rings. The molecular weight excluding hydrogens is 222 g/mol. The van der Waals surface area contributed by atoms with Crippen LogP contribution in [0.15, 0.2) is 30.4 Å². The lowest BCUT2D eigenvalue weighted by atomic mass is 10.0. The van der Waals surface area contributed by atoms with Gasteiger partial charge in [-0.25, -0.2) is 0 Å². The lowest BCUT2D eigenvalue weighted by molar-refractivity contribution is 0.134. The molecule has 0 amide bonds. The van der Waals surface area contributed by atoms with Crippen molar-refractivity contribution in [2.24, 2.45) is 0 Å². The van der Waals surface area contributed by atoms with E-state index in [2.05, 4.69) is 35.7 Å². The highest BCUT2D eigenvalue weighted by atomic mass is 16.5. The minimum atomic E-state index is 0.491. The maximum absolute atomic E-state index is 5.45. The van der Waals surface area contributed by atoms with E-state index in [1.54, 1.807) is 0 Å². The van der Waals surface area contributed by atoms with E-state index in [0.29, 0.717) is 6.04 Å². The third-order valence-electron chi connectivity index (χ3n) is 3.83. The SMILES string of the molecule is C1=C/C(Nc2ccc3c(c2)COC3)CCCCC/1. The molecule has 1 aromatic rings. The van der Waals surface area contributed by atoms with Crippen molar-refractivity contribution in [2.45, 2.75) is 51.4 Å². The zero-order valence-electron chi connectivity index (χ0n) is 10.8. The van der Waals surface area contributed by atoms with Gasteiger partial charge in [0, 0.05) is 11.7 Å². The number of nitrogens with one attached hydrogen (secondary N) is 1. The molecule has 2 nitrogen and oxygen atoms in total. The molecule has 0 saturated carbocycles. The molecule has 0 bridgehead atoms. The Bertz CT molecular complexity index is 439. The van der Waals surface area contributed by atoms with Gasteiger partial charge in [0.15, 0.2) is 0 Å². The Morgan fingerprint density at radius 3 is 3.00 bits per heavy atom. The monoisotopic (exact) mass is 243 g/mol. The van der Waals surface area contributed by atoms with Crippen LogP contribution in [0.2, 0.25) is 0 Å². The Labute approximate surface area is 109 Å². The first-order valence-corrected chi connectivity index (χ1v) is 7.04. The van der Waals surface area contributed by atoms with Gasteiger partial charge in [-0.05, 0) is 42.5 Å². The van der Waals surface area contributed by atoms with Crippen molar-refractivity contribution in [3.8, 4) is 0 Å². The fraction of sp³-hybridized carbons (Fsp3) is 0.500. The zero-order valence-corrected chi connectivity index (χ0v) is 10.8. The van der Waals surface area contributed by atoms with Crippen molar-refractivity contribution in [2.75, 3.05) is 5.32 Å². The largest absolute Gasteiger partial charge is 0.379 e. The Hall–Kier alpha value is -1.28. The maximum atomic E-state index is 5.45. The van der Waals surface area contributed by atoms with Gasteiger partial charge >= 0.3 is 0 Å². The van der Waals surface area contributed by atoms with Gasteiger partial charge in [-0.3, -0.25) is 0 Å². The van der Waals surface area contributed by atoms with Crippen LogP contribution in [0.25, 0.3) is 0 Å². The molecule has 1 aromatic carbocycles. The summed E-state index contributed by atoms with van der Waals surface area (Å²) in [4.78, 5) is 0. The second kappa shape index (κ2) is 5.57. The second-order valence-corrected chi connectivity index (χ2v) is 5.29. The first-order chi connectivity index (χ1) is 8.92. The molecule has 18 heavy (non-hydrogen) atoms. The van der Waals surface area contributed by atoms with E-state index in [1.807, 2.05) is 0 Å². The Morgan fingerprint density at radius 2 is 2.00 bits per heavy atom. The summed E-state index contributed by atoms with van der Waals surface area (Å²) in [5, 5.41) is 3.64. The molecule has 1 N–H and O–H groups in total. The molecule has 2 heteroatoms. The molecule has 0 radical (unpaired) electrons. The van der Waals surface area contributed by atoms with Gasteiger partial charge in [0.05, 0.1) is 13.2 Å². The van der Waals surface area contributed by atoms with E-state index >= 15 is 0 Å². The summed E-state index contributed by atoms with van der Waals surface area (Å²) in [6.45, 7) is 1.55. The van der Waals surface area contributed by atoms with Crippen LogP contribution < -0.4 is 5.32 Å². The summed E-state index contributed by atoms with van der Waals surface area (Å²) in [7, 11) is 0. The molecule has 0 saturated heterocycles. The highest BCUT2D eigenvalue weighted by Crippen LogP contribution is 2.24. The topological polar surface area (TPSA) is 21.3 Å². The van der Waals surface area contributed by atoms with Gasteiger partial charge in [0.25, 0.3) is 0 Å². The van der Waals surface area contributed by atoms with Crippen molar-refractivity contribution < 1.29 is 4.74 Å². The first-order valence-electron chi connectivity index (χ1n) is 7.04. The quantitative estimate of drug-likeness (QED) is 0.792. The Balaban J connectivity index is 1.69. The molecule has 1 heterocycles. The number of fused-ring (bicyclic) bond motifs is 1. The Morgan fingerprint density at radius 1 is 1.06 bits per heavy atom. The van der Waals surface area contributed by atoms with Crippen molar-refractivity contribution in [1.29, 1.82) is 0 Å². The highest BCUT2D eigenvalue weighted by molar-refractivity contribution is 5.50. The molecule has 96 valence electrons. The van der Waals surface area contributed by atoms with E-state index in [0.717, 1.165) is 13.2 Å². The van der Waals surface area contributed by atoms with Gasteiger partial charge in [0.1, 0.15) is 0 Å². The molecule has 1 atom stereocenters. The second-order valence-electron chi connectivity index (χ2n) is 5.29. The fourth-order valence-electron chi connectivity index (χ4n) is 2.76. The summed E-state index contributed by atoms with van der Waals surface area (Å²) in [6, 6.07) is 7.11. The fourth-order valence-corrected chi connectivity index (χ4v) is 2.76. The average Bonchev–Trinajstić information content (AvgIpc) is 2.79. The molecule has 1 unspecified atom stereocenters. The lowest BCUT2D eigenvalue weighted by Crippen LogP contribution is -2.17. The van der Waals surface area contributed by atoms with E-state index in [9.17, 15) is 0 Å². The smallest absolute Gasteiger partial charge is 0.0725 e. The summed E-state index contributed by atoms with van der Waals surface area (Å²) in [5.74, 6) is 0. The van der Waals surface area contributed by atoms with Gasteiger partial charge < -0.3 is 10.1 Å². The minimum Gasteiger partial charge on any atom is -0.379 e. The van der Waals surface area contributed by atoms with E-state index < -0.39 is 0 Å². The highest BCUT2D eigenvalue weighted by Gasteiger charge is 2.12. The molecule has 3 rings (SSSR count). The van der Waals surface area contributed by atoms with Crippen LogP contribution in [-0.4, -0.2) is 6.04 Å². The minimum absolute atomic E-state index is 0.491. The molecule has 1 aliphatic heterocycles. The summed E-state index contributed by atoms with van der Waals surface area (Å²) >= 11 is 0. The number of hydrogen-bond acceptors (Lipinski definition) is 2. The van der Waals surface area contributed by atoms with Crippen molar-refractivity contribution in [3.05, 3.63) is 41.5 Å². The molecule has 1 aliphatic carbocycles. The van der Waals surface area contributed by atoms with Crippen molar-refractivity contribution in [1.82, 2.24) is 0 Å². The van der Waals surface area contributed by atoms with Crippen LogP contribution in [0.1, 0.15) is 43.2 Å². The number of rotatable bonds is 2. The molecule has 0 fully saturated rings. The maximum Gasteiger partial charge on any atom is 0.0725 e. The van der Waals surface area contributed by atoms with Crippen LogP contribution in [-0.2, 0) is 18.0 Å². The van der Waals surface area contributed by atoms with Crippen molar-refractivity contribution in [3.63, 3.8) is 0 Å². The van der Waals surface area contributed by atoms with Gasteiger partial charge in [0.2, 0.25) is 0 Å². The normalized spacial score (nSPS) is 25.0. The van der Waals surface area contributed by atoms with Gasteiger partial charge in [-0.1, -0.05) is 31.1 Å². The third-order valence-corrected chi connectivity index (χ3v) is 3.83. The Kier molecular flexibility index (Phi) is 3.65. The number of benzene rings is 1. The predicted octanol–water partition coefficient (Wildman–Crippen LogP) is 4.02. The summed E-state index contributed by atoms with van der Waals surface area (Å²) < 4.78 is 5.45. The van der Waals surface area contributed by atoms with Gasteiger partial charge in [-0.15, -0.1) is 0 Å². The summed E-state index contributed by atoms with van der Waals surface area (Å²) in [5.41, 5.74) is 3.91. The standard InChI is InChI=1S/C16H21NO/c1-2-4-6-15(7-5-3-1)17-16-9-8-13-11-18-12-14(13)10-16/h4,6,8-10,15,17H,1-3,5,7,11-12H2/b6-4+. The van der Waals surface area contributed by atoms with Crippen LogP contribution in [0, 0.1) is 0 Å². The van der Waals surface area contributed by atoms with Crippen LogP contribution in [0.3, 0.4) is 0 Å². The third kappa shape index (κ3) is 2.75. The summed E-state index contributed by atoms with van der Waals surface area (Å²) in [6.07, 6.45) is 11.2. The van der Waals surface area contributed by atoms with Crippen LogP contribution >= 0.6 is 0 Å². The molecule has 0 aromatic heterocycles. The predicted molar refractivity (Wildman–Crippen MR) is 74.6 cm³/mol. The number of allylic oxidation sites excluding steroid dienone is 1. The zero-order chi connectivity index (χ0) is 12.2. The first kappa shape index (κ1) is 11.8. The molecule has 0 spiro atoms. The van der Waals surface area contributed by atoms with E-state index in [-0.39, 0.29) is 0 Å². The van der Waals surface area contributed by atoms with Gasteiger partial charge in [-0.2, -0.15) is 0 Å². The van der Waals surface area contributed by atoms with Crippen LogP contribution in [0.4, 0.5) is 5.69 Å². The lowest BCUT2D eigenvalue weighted by Gasteiger charge is -2.18. The van der Waals surface area contributed by atoms with E-state index in [1.165, 1.54) is 48.9 Å². The van der Waals surface area contributed by atoms with E-state index in [4.69, 9.17) is 4.74 Å². The molecular formula is C16H21NO.